The van der Waals surface area contributed by atoms with Gasteiger partial charge in [-0.15, -0.1) is 0 Å². The van der Waals surface area contributed by atoms with Gasteiger partial charge in [0.15, 0.2) is 0 Å². The second-order valence-electron chi connectivity index (χ2n) is 3.03. The standard InChI is InChI=1S/C8H14F2N2O2/c1-5(7(13)11-2)4-12(3)8(14)6(9)10/h5-6H,4H2,1-3H3,(H,11,13). The van der Waals surface area contributed by atoms with Gasteiger partial charge in [-0.25, -0.2) is 0 Å². The van der Waals surface area contributed by atoms with Crippen LogP contribution in [0.1, 0.15) is 6.92 Å². The molecule has 1 N–H and O–H groups in total. The minimum absolute atomic E-state index is 0.0111. The molecule has 0 heterocycles. The van der Waals surface area contributed by atoms with Crippen LogP contribution in [0.25, 0.3) is 0 Å². The van der Waals surface area contributed by atoms with E-state index in [2.05, 4.69) is 5.32 Å². The number of carbonyl (C=O) groups is 2. The number of alkyl halides is 2. The Bertz CT molecular complexity index is 221. The minimum atomic E-state index is -3.02. The second-order valence-corrected chi connectivity index (χ2v) is 3.03. The minimum Gasteiger partial charge on any atom is -0.359 e. The van der Waals surface area contributed by atoms with Gasteiger partial charge in [0, 0.05) is 20.6 Å². The number of amides is 2. The normalized spacial score (nSPS) is 12.4. The predicted molar refractivity (Wildman–Crippen MR) is 46.9 cm³/mol. The molecule has 0 aromatic rings. The molecule has 1 unspecified atom stereocenters. The first-order chi connectivity index (χ1) is 6.40. The van der Waals surface area contributed by atoms with E-state index >= 15 is 0 Å². The summed E-state index contributed by atoms with van der Waals surface area (Å²) < 4.78 is 23.8. The summed E-state index contributed by atoms with van der Waals surface area (Å²) in [5.74, 6) is -2.03. The smallest absolute Gasteiger partial charge is 0.315 e. The van der Waals surface area contributed by atoms with Crippen molar-refractivity contribution < 1.29 is 18.4 Å². The van der Waals surface area contributed by atoms with Gasteiger partial charge in [-0.05, 0) is 0 Å². The molecule has 0 aliphatic heterocycles. The number of hydrogen-bond donors (Lipinski definition) is 1. The summed E-state index contributed by atoms with van der Waals surface area (Å²) in [5.41, 5.74) is 0. The summed E-state index contributed by atoms with van der Waals surface area (Å²) in [4.78, 5) is 22.6. The zero-order chi connectivity index (χ0) is 11.3. The lowest BCUT2D eigenvalue weighted by Crippen LogP contribution is -2.39. The molecule has 14 heavy (non-hydrogen) atoms. The van der Waals surface area contributed by atoms with Gasteiger partial charge in [0.2, 0.25) is 5.91 Å². The second kappa shape index (κ2) is 5.51. The molecule has 0 bridgehead atoms. The molecule has 0 aromatic heterocycles. The van der Waals surface area contributed by atoms with Crippen LogP contribution >= 0.6 is 0 Å². The van der Waals surface area contributed by atoms with Crippen molar-refractivity contribution in [1.29, 1.82) is 0 Å². The van der Waals surface area contributed by atoms with Crippen molar-refractivity contribution in [3.8, 4) is 0 Å². The zero-order valence-corrected chi connectivity index (χ0v) is 8.38. The van der Waals surface area contributed by atoms with Crippen LogP contribution in [0.3, 0.4) is 0 Å². The van der Waals surface area contributed by atoms with Crippen molar-refractivity contribution in [2.75, 3.05) is 20.6 Å². The summed E-state index contributed by atoms with van der Waals surface area (Å²) in [6.45, 7) is 1.55. The average molecular weight is 208 g/mol. The first kappa shape index (κ1) is 12.8. The molecule has 82 valence electrons. The molecule has 0 aromatic carbocycles. The lowest BCUT2D eigenvalue weighted by atomic mass is 10.1. The third-order valence-corrected chi connectivity index (χ3v) is 1.80. The van der Waals surface area contributed by atoms with Gasteiger partial charge in [-0.2, -0.15) is 8.78 Å². The van der Waals surface area contributed by atoms with Gasteiger partial charge in [0.1, 0.15) is 0 Å². The Morgan fingerprint density at radius 3 is 2.29 bits per heavy atom. The van der Waals surface area contributed by atoms with E-state index < -0.39 is 18.3 Å². The predicted octanol–water partition coefficient (Wildman–Crippen LogP) is 0.0920. The van der Waals surface area contributed by atoms with Gasteiger partial charge < -0.3 is 10.2 Å². The largest absolute Gasteiger partial charge is 0.359 e. The first-order valence-corrected chi connectivity index (χ1v) is 4.14. The van der Waals surface area contributed by atoms with Crippen LogP contribution in [0.2, 0.25) is 0 Å². The maximum absolute atomic E-state index is 11.9. The van der Waals surface area contributed by atoms with E-state index in [4.69, 9.17) is 0 Å². The third kappa shape index (κ3) is 3.68. The van der Waals surface area contributed by atoms with E-state index in [-0.39, 0.29) is 12.5 Å². The number of nitrogens with zero attached hydrogens (tertiary/aromatic N) is 1. The Balaban J connectivity index is 4.12. The van der Waals surface area contributed by atoms with Gasteiger partial charge >= 0.3 is 6.43 Å². The van der Waals surface area contributed by atoms with Gasteiger partial charge in [-0.3, -0.25) is 9.59 Å². The Kier molecular flexibility index (Phi) is 5.04. The summed E-state index contributed by atoms with van der Waals surface area (Å²) in [7, 11) is 2.70. The molecule has 4 nitrogen and oxygen atoms in total. The van der Waals surface area contributed by atoms with E-state index in [1.165, 1.54) is 14.1 Å². The Morgan fingerprint density at radius 1 is 1.43 bits per heavy atom. The third-order valence-electron chi connectivity index (χ3n) is 1.80. The quantitative estimate of drug-likeness (QED) is 0.712. The van der Waals surface area contributed by atoms with Crippen molar-refractivity contribution in [2.45, 2.75) is 13.3 Å². The summed E-state index contributed by atoms with van der Waals surface area (Å²) in [6, 6.07) is 0. The van der Waals surface area contributed by atoms with Crippen molar-refractivity contribution in [1.82, 2.24) is 10.2 Å². The number of rotatable bonds is 4. The molecule has 2 amide bonds. The SMILES string of the molecule is CNC(=O)C(C)CN(C)C(=O)C(F)F. The summed E-state index contributed by atoms with van der Waals surface area (Å²) >= 11 is 0. The zero-order valence-electron chi connectivity index (χ0n) is 8.38. The molecule has 0 saturated carbocycles. The molecule has 0 aliphatic rings. The number of carbonyl (C=O) groups excluding carboxylic acids is 2. The van der Waals surface area contributed by atoms with Gasteiger partial charge in [0.25, 0.3) is 5.91 Å². The fourth-order valence-electron chi connectivity index (χ4n) is 0.997. The molecule has 0 rings (SSSR count). The van der Waals surface area contributed by atoms with Crippen molar-refractivity contribution in [3.05, 3.63) is 0 Å². The highest BCUT2D eigenvalue weighted by molar-refractivity contribution is 5.81. The molecule has 6 heteroatoms. The van der Waals surface area contributed by atoms with E-state index in [1.807, 2.05) is 0 Å². The summed E-state index contributed by atoms with van der Waals surface area (Å²) in [6.07, 6.45) is -3.02. The number of hydrogen-bond acceptors (Lipinski definition) is 2. The molecular weight excluding hydrogens is 194 g/mol. The molecule has 0 radical (unpaired) electrons. The molecule has 0 aliphatic carbocycles. The molecular formula is C8H14F2N2O2. The van der Waals surface area contributed by atoms with E-state index in [0.29, 0.717) is 0 Å². The van der Waals surface area contributed by atoms with Crippen LogP contribution in [0.5, 0.6) is 0 Å². The van der Waals surface area contributed by atoms with Crippen molar-refractivity contribution in [3.63, 3.8) is 0 Å². The molecule has 0 saturated heterocycles. The Morgan fingerprint density at radius 2 is 1.93 bits per heavy atom. The highest BCUT2D eigenvalue weighted by Crippen LogP contribution is 2.03. The fraction of sp³-hybridized carbons (Fsp3) is 0.750. The van der Waals surface area contributed by atoms with E-state index in [1.54, 1.807) is 6.92 Å². The number of nitrogens with one attached hydrogen (secondary N) is 1. The van der Waals surface area contributed by atoms with Gasteiger partial charge in [-0.1, -0.05) is 6.92 Å². The average Bonchev–Trinajstić information content (AvgIpc) is 2.14. The maximum Gasteiger partial charge on any atom is 0.315 e. The van der Waals surface area contributed by atoms with E-state index in [0.717, 1.165) is 4.90 Å². The van der Waals surface area contributed by atoms with Crippen molar-refractivity contribution in [2.24, 2.45) is 5.92 Å². The van der Waals surface area contributed by atoms with Crippen LogP contribution in [0.4, 0.5) is 8.78 Å². The van der Waals surface area contributed by atoms with Crippen LogP contribution in [-0.2, 0) is 9.59 Å². The van der Waals surface area contributed by atoms with Crippen LogP contribution in [-0.4, -0.2) is 43.8 Å². The highest BCUT2D eigenvalue weighted by atomic mass is 19.3. The van der Waals surface area contributed by atoms with Crippen LogP contribution in [0.15, 0.2) is 0 Å². The Labute approximate surface area is 81.3 Å². The van der Waals surface area contributed by atoms with Crippen LogP contribution in [0, 0.1) is 5.92 Å². The maximum atomic E-state index is 11.9. The Hall–Kier alpha value is -1.20. The van der Waals surface area contributed by atoms with Gasteiger partial charge in [0.05, 0.1) is 5.92 Å². The lowest BCUT2D eigenvalue weighted by molar-refractivity contribution is -0.142. The van der Waals surface area contributed by atoms with Crippen LogP contribution < -0.4 is 5.32 Å². The molecule has 1 atom stereocenters. The molecule has 0 fully saturated rings. The number of halogens is 2. The molecule has 0 spiro atoms. The summed E-state index contributed by atoms with van der Waals surface area (Å²) in [5, 5.41) is 2.37. The topological polar surface area (TPSA) is 49.4 Å². The highest BCUT2D eigenvalue weighted by Gasteiger charge is 2.23. The fourth-order valence-corrected chi connectivity index (χ4v) is 0.997. The lowest BCUT2D eigenvalue weighted by Gasteiger charge is -2.20. The van der Waals surface area contributed by atoms with E-state index in [9.17, 15) is 18.4 Å². The van der Waals surface area contributed by atoms with Crippen molar-refractivity contribution >= 4 is 11.8 Å². The monoisotopic (exact) mass is 208 g/mol. The first-order valence-electron chi connectivity index (χ1n) is 4.14.